The Kier molecular flexibility index (Phi) is 4.76. The number of hydrogen-bond donors (Lipinski definition) is 1. The first-order valence-corrected chi connectivity index (χ1v) is 9.63. The third-order valence-electron chi connectivity index (χ3n) is 4.10. The Morgan fingerprint density at radius 1 is 1.41 bits per heavy atom. The Balaban J connectivity index is 2.00. The number of sulfone groups is 1. The van der Waals surface area contributed by atoms with Gasteiger partial charge in [0.2, 0.25) is 0 Å². The third-order valence-corrected chi connectivity index (χ3v) is 5.24. The Morgan fingerprint density at radius 2 is 2.09 bits per heavy atom. The van der Waals surface area contributed by atoms with Crippen molar-refractivity contribution in [1.82, 2.24) is 4.98 Å². The fraction of sp³-hybridized carbons (Fsp3) is 0.625. The molecule has 1 saturated carbocycles. The number of nitriles is 1. The maximum Gasteiger partial charge on any atom is 0.148 e. The summed E-state index contributed by atoms with van der Waals surface area (Å²) in [5, 5.41) is 12.4. The lowest BCUT2D eigenvalue weighted by molar-refractivity contribution is 0.519. The maximum absolute atomic E-state index is 11.5. The van der Waals surface area contributed by atoms with Gasteiger partial charge in [0.15, 0.2) is 0 Å². The van der Waals surface area contributed by atoms with Gasteiger partial charge in [0.05, 0.1) is 11.3 Å². The summed E-state index contributed by atoms with van der Waals surface area (Å²) in [4.78, 5) is 4.51. The molecule has 1 aromatic rings. The van der Waals surface area contributed by atoms with E-state index >= 15 is 0 Å². The van der Waals surface area contributed by atoms with Crippen molar-refractivity contribution in [3.8, 4) is 6.07 Å². The summed E-state index contributed by atoms with van der Waals surface area (Å²) in [6, 6.07) is 5.80. The lowest BCUT2D eigenvalue weighted by Crippen LogP contribution is -2.20. The number of aromatic nitrogens is 1. The molecular formula is C16H23N3O2S. The van der Waals surface area contributed by atoms with Gasteiger partial charge in [-0.1, -0.05) is 13.8 Å². The lowest BCUT2D eigenvalue weighted by atomic mass is 10.1. The van der Waals surface area contributed by atoms with Gasteiger partial charge >= 0.3 is 0 Å². The smallest absolute Gasteiger partial charge is 0.148 e. The summed E-state index contributed by atoms with van der Waals surface area (Å²) in [6.07, 6.45) is 4.01. The topological polar surface area (TPSA) is 82.9 Å². The van der Waals surface area contributed by atoms with E-state index < -0.39 is 9.84 Å². The van der Waals surface area contributed by atoms with E-state index in [2.05, 4.69) is 30.2 Å². The van der Waals surface area contributed by atoms with Crippen LogP contribution in [0, 0.1) is 16.7 Å². The molecule has 0 bridgehead atoms. The summed E-state index contributed by atoms with van der Waals surface area (Å²) in [6.45, 7) is 4.76. The molecule has 1 N–H and O–H groups in total. The van der Waals surface area contributed by atoms with Gasteiger partial charge in [-0.3, -0.25) is 0 Å². The first-order chi connectivity index (χ1) is 10.2. The van der Waals surface area contributed by atoms with Crippen LogP contribution in [0.5, 0.6) is 0 Å². The van der Waals surface area contributed by atoms with Gasteiger partial charge in [0, 0.05) is 18.5 Å². The zero-order valence-electron chi connectivity index (χ0n) is 13.4. The van der Waals surface area contributed by atoms with Crippen molar-refractivity contribution in [2.45, 2.75) is 39.0 Å². The first kappa shape index (κ1) is 16.8. The van der Waals surface area contributed by atoms with E-state index in [1.807, 2.05) is 6.07 Å². The van der Waals surface area contributed by atoms with Crippen molar-refractivity contribution >= 4 is 15.7 Å². The van der Waals surface area contributed by atoms with E-state index in [1.54, 1.807) is 6.07 Å². The molecule has 1 aliphatic carbocycles. The Bertz CT molecular complexity index is 686. The number of pyridine rings is 1. The van der Waals surface area contributed by atoms with Crippen LogP contribution in [0.25, 0.3) is 0 Å². The predicted molar refractivity (Wildman–Crippen MR) is 87.5 cm³/mol. The van der Waals surface area contributed by atoms with Crippen LogP contribution < -0.4 is 5.32 Å². The molecule has 0 radical (unpaired) electrons. The quantitative estimate of drug-likeness (QED) is 0.835. The van der Waals surface area contributed by atoms with Gasteiger partial charge in [0.25, 0.3) is 0 Å². The van der Waals surface area contributed by atoms with Crippen LogP contribution in [0.15, 0.2) is 12.1 Å². The molecule has 1 aromatic heterocycles. The zero-order valence-corrected chi connectivity index (χ0v) is 14.2. The minimum Gasteiger partial charge on any atom is -0.369 e. The van der Waals surface area contributed by atoms with E-state index in [-0.39, 0.29) is 11.2 Å². The van der Waals surface area contributed by atoms with E-state index in [4.69, 9.17) is 5.26 Å². The van der Waals surface area contributed by atoms with Gasteiger partial charge in [-0.2, -0.15) is 5.26 Å². The van der Waals surface area contributed by atoms with Gasteiger partial charge < -0.3 is 5.32 Å². The molecular weight excluding hydrogens is 298 g/mol. The molecule has 1 fully saturated rings. The average molecular weight is 321 g/mol. The monoisotopic (exact) mass is 321 g/mol. The fourth-order valence-corrected chi connectivity index (χ4v) is 4.21. The standard InChI is InChI=1S/C16H23N3O2S/c1-12(2)14-5-4-13(10-17)15(19-14)18-9-8-16(6-7-16)11-22(3,20)21/h4-5,12H,6-9,11H2,1-3H3,(H,18,19). The van der Waals surface area contributed by atoms with E-state index in [0.29, 0.717) is 23.8 Å². The molecule has 0 aliphatic heterocycles. The summed E-state index contributed by atoms with van der Waals surface area (Å²) in [7, 11) is -2.94. The molecule has 1 heterocycles. The van der Waals surface area contributed by atoms with Crippen molar-refractivity contribution < 1.29 is 8.42 Å². The normalized spacial score (nSPS) is 16.3. The summed E-state index contributed by atoms with van der Waals surface area (Å²) in [5.41, 5.74) is 1.40. The van der Waals surface area contributed by atoms with Crippen LogP contribution in [-0.2, 0) is 9.84 Å². The molecule has 0 atom stereocenters. The highest BCUT2D eigenvalue weighted by Gasteiger charge is 2.44. The van der Waals surface area contributed by atoms with Crippen LogP contribution in [0.4, 0.5) is 5.82 Å². The highest BCUT2D eigenvalue weighted by atomic mass is 32.2. The van der Waals surface area contributed by atoms with Crippen LogP contribution in [0.3, 0.4) is 0 Å². The Hall–Kier alpha value is -1.61. The number of anilines is 1. The van der Waals surface area contributed by atoms with Gasteiger partial charge in [-0.25, -0.2) is 13.4 Å². The minimum atomic E-state index is -2.94. The fourth-order valence-electron chi connectivity index (χ4n) is 2.67. The SMILES string of the molecule is CC(C)c1ccc(C#N)c(NCCC2(CS(C)(=O)=O)CC2)n1. The van der Waals surface area contributed by atoms with Gasteiger partial charge in [-0.05, 0) is 42.7 Å². The van der Waals surface area contributed by atoms with Crippen molar-refractivity contribution in [3.63, 3.8) is 0 Å². The molecule has 0 spiro atoms. The Labute approximate surface area is 132 Å². The first-order valence-electron chi connectivity index (χ1n) is 7.57. The Morgan fingerprint density at radius 3 is 2.59 bits per heavy atom. The molecule has 1 aliphatic rings. The van der Waals surface area contributed by atoms with Crippen molar-refractivity contribution in [3.05, 3.63) is 23.4 Å². The summed E-state index contributed by atoms with van der Waals surface area (Å²) < 4.78 is 22.9. The van der Waals surface area contributed by atoms with Crippen LogP contribution in [-0.4, -0.2) is 32.0 Å². The van der Waals surface area contributed by atoms with Crippen LogP contribution >= 0.6 is 0 Å². The van der Waals surface area contributed by atoms with E-state index in [1.165, 1.54) is 6.26 Å². The van der Waals surface area contributed by atoms with Crippen molar-refractivity contribution in [2.24, 2.45) is 5.41 Å². The highest BCUT2D eigenvalue weighted by Crippen LogP contribution is 2.49. The number of hydrogen-bond acceptors (Lipinski definition) is 5. The molecule has 22 heavy (non-hydrogen) atoms. The third kappa shape index (κ3) is 4.44. The van der Waals surface area contributed by atoms with Crippen LogP contribution in [0.2, 0.25) is 0 Å². The molecule has 0 amide bonds. The molecule has 0 saturated heterocycles. The van der Waals surface area contributed by atoms with E-state index in [9.17, 15) is 8.42 Å². The molecule has 5 nitrogen and oxygen atoms in total. The number of nitrogens with zero attached hydrogens (tertiary/aromatic N) is 2. The van der Waals surface area contributed by atoms with E-state index in [0.717, 1.165) is 25.0 Å². The minimum absolute atomic E-state index is 0.0664. The van der Waals surface area contributed by atoms with Crippen molar-refractivity contribution in [2.75, 3.05) is 23.9 Å². The average Bonchev–Trinajstić information content (AvgIpc) is 3.16. The largest absolute Gasteiger partial charge is 0.369 e. The molecule has 0 unspecified atom stereocenters. The van der Waals surface area contributed by atoms with Crippen molar-refractivity contribution in [1.29, 1.82) is 5.26 Å². The maximum atomic E-state index is 11.5. The molecule has 6 heteroatoms. The highest BCUT2D eigenvalue weighted by molar-refractivity contribution is 7.90. The summed E-state index contributed by atoms with van der Waals surface area (Å²) >= 11 is 0. The van der Waals surface area contributed by atoms with Crippen LogP contribution in [0.1, 0.15) is 50.3 Å². The zero-order chi connectivity index (χ0) is 16.4. The van der Waals surface area contributed by atoms with Gasteiger partial charge in [-0.15, -0.1) is 0 Å². The second-order valence-corrected chi connectivity index (χ2v) is 8.79. The number of rotatable bonds is 7. The second-order valence-electron chi connectivity index (χ2n) is 6.65. The summed E-state index contributed by atoms with van der Waals surface area (Å²) in [5.74, 6) is 1.16. The number of nitrogens with one attached hydrogen (secondary N) is 1. The second kappa shape index (κ2) is 6.25. The lowest BCUT2D eigenvalue weighted by Gasteiger charge is -2.15. The molecule has 120 valence electrons. The van der Waals surface area contributed by atoms with Gasteiger partial charge in [0.1, 0.15) is 21.7 Å². The molecule has 0 aromatic carbocycles. The predicted octanol–water partition coefficient (Wildman–Crippen LogP) is 2.70. The molecule has 2 rings (SSSR count).